The molecule has 0 aliphatic rings. The highest BCUT2D eigenvalue weighted by Gasteiger charge is 2.08. The van der Waals surface area contributed by atoms with Crippen molar-refractivity contribution in [2.75, 3.05) is 5.32 Å². The van der Waals surface area contributed by atoms with Crippen molar-refractivity contribution in [3.05, 3.63) is 63.1 Å². The van der Waals surface area contributed by atoms with Gasteiger partial charge in [-0.25, -0.2) is 0 Å². The van der Waals surface area contributed by atoms with Crippen LogP contribution < -0.4 is 5.32 Å². The normalized spacial score (nSPS) is 11.7. The topological polar surface area (TPSA) is 35.8 Å². The fraction of sp³-hybridized carbons (Fsp3) is 0.133. The Hall–Kier alpha value is -1.50. The smallest absolute Gasteiger partial charge is 0.0992 e. The van der Waals surface area contributed by atoms with Gasteiger partial charge in [-0.3, -0.25) is 0 Å². The summed E-state index contributed by atoms with van der Waals surface area (Å²) in [5, 5.41) is 13.0. The maximum Gasteiger partial charge on any atom is 0.0992 e. The Morgan fingerprint density at radius 1 is 1.21 bits per heavy atom. The fourth-order valence-corrected chi connectivity index (χ4v) is 2.39. The van der Waals surface area contributed by atoms with E-state index in [9.17, 15) is 0 Å². The Morgan fingerprint density at radius 3 is 2.47 bits per heavy atom. The van der Waals surface area contributed by atoms with Gasteiger partial charge in [-0.15, -0.1) is 0 Å². The number of nitrogens with zero attached hydrogens (tertiary/aromatic N) is 1. The van der Waals surface area contributed by atoms with Gasteiger partial charge >= 0.3 is 0 Å². The highest BCUT2D eigenvalue weighted by Crippen LogP contribution is 2.27. The van der Waals surface area contributed by atoms with Crippen LogP contribution in [0.15, 0.2) is 46.9 Å². The second kappa shape index (κ2) is 6.10. The van der Waals surface area contributed by atoms with Gasteiger partial charge in [0.15, 0.2) is 0 Å². The molecule has 19 heavy (non-hydrogen) atoms. The van der Waals surface area contributed by atoms with Gasteiger partial charge in [0.2, 0.25) is 0 Å². The lowest BCUT2D eigenvalue weighted by atomic mass is 10.1. The summed E-state index contributed by atoms with van der Waals surface area (Å²) in [6.07, 6.45) is 0. The maximum absolute atomic E-state index is 8.84. The molecule has 0 heterocycles. The Balaban J connectivity index is 2.17. The lowest BCUT2D eigenvalue weighted by Crippen LogP contribution is -2.06. The van der Waals surface area contributed by atoms with Crippen LogP contribution in [-0.2, 0) is 0 Å². The van der Waals surface area contributed by atoms with E-state index in [0.717, 1.165) is 20.7 Å². The first kappa shape index (κ1) is 13.9. The Labute approximate surface area is 126 Å². The molecule has 2 nitrogen and oxygen atoms in total. The maximum atomic E-state index is 8.84. The second-order valence-corrected chi connectivity index (χ2v) is 5.51. The molecule has 2 aromatic carbocycles. The first-order valence-electron chi connectivity index (χ1n) is 5.82. The molecule has 4 heteroatoms. The summed E-state index contributed by atoms with van der Waals surface area (Å²) >= 11 is 9.34. The van der Waals surface area contributed by atoms with Crippen molar-refractivity contribution in [2.24, 2.45) is 0 Å². The molecule has 2 aromatic rings. The van der Waals surface area contributed by atoms with E-state index in [0.29, 0.717) is 5.56 Å². The number of nitrogens with one attached hydrogen (secondary N) is 1. The molecule has 96 valence electrons. The van der Waals surface area contributed by atoms with Crippen LogP contribution in [0.5, 0.6) is 0 Å². The summed E-state index contributed by atoms with van der Waals surface area (Å²) in [4.78, 5) is 0. The van der Waals surface area contributed by atoms with Gasteiger partial charge in [-0.1, -0.05) is 23.7 Å². The van der Waals surface area contributed by atoms with Crippen LogP contribution in [0.1, 0.15) is 24.1 Å². The van der Waals surface area contributed by atoms with Gasteiger partial charge < -0.3 is 5.32 Å². The predicted molar refractivity (Wildman–Crippen MR) is 82.3 cm³/mol. The summed E-state index contributed by atoms with van der Waals surface area (Å²) < 4.78 is 0.882. The summed E-state index contributed by atoms with van der Waals surface area (Å²) in [5.41, 5.74) is 2.75. The van der Waals surface area contributed by atoms with Gasteiger partial charge in [-0.2, -0.15) is 5.26 Å². The molecule has 0 saturated carbocycles. The molecule has 1 unspecified atom stereocenters. The first-order valence-corrected chi connectivity index (χ1v) is 6.99. The van der Waals surface area contributed by atoms with Crippen molar-refractivity contribution in [3.63, 3.8) is 0 Å². The van der Waals surface area contributed by atoms with Crippen molar-refractivity contribution in [1.29, 1.82) is 5.26 Å². The highest BCUT2D eigenvalue weighted by molar-refractivity contribution is 9.10. The molecule has 0 amide bonds. The van der Waals surface area contributed by atoms with Gasteiger partial charge in [-0.05, 0) is 58.7 Å². The molecule has 0 saturated heterocycles. The summed E-state index contributed by atoms with van der Waals surface area (Å²) in [6.45, 7) is 2.08. The minimum atomic E-state index is 0.154. The van der Waals surface area contributed by atoms with E-state index in [4.69, 9.17) is 16.9 Å². The van der Waals surface area contributed by atoms with Crippen LogP contribution in [0.3, 0.4) is 0 Å². The largest absolute Gasteiger partial charge is 0.378 e. The SMILES string of the molecule is CC(Nc1ccc(C#N)cc1Br)c1ccc(Cl)cc1. The predicted octanol–water partition coefficient (Wildman–Crippen LogP) is 5.15. The molecule has 0 radical (unpaired) electrons. The number of benzene rings is 2. The van der Waals surface area contributed by atoms with Crippen LogP contribution in [0.25, 0.3) is 0 Å². The molecule has 0 bridgehead atoms. The monoisotopic (exact) mass is 334 g/mol. The van der Waals surface area contributed by atoms with Crippen LogP contribution >= 0.6 is 27.5 Å². The molecule has 0 aromatic heterocycles. The quantitative estimate of drug-likeness (QED) is 0.842. The minimum Gasteiger partial charge on any atom is -0.378 e. The Bertz CT molecular complexity index is 617. The van der Waals surface area contributed by atoms with Crippen molar-refractivity contribution >= 4 is 33.2 Å². The first-order chi connectivity index (χ1) is 9.10. The number of halogens is 2. The average molecular weight is 336 g/mol. The van der Waals surface area contributed by atoms with Gasteiger partial charge in [0.25, 0.3) is 0 Å². The fourth-order valence-electron chi connectivity index (χ4n) is 1.77. The standard InChI is InChI=1S/C15H12BrClN2/c1-10(12-3-5-13(17)6-4-12)19-15-7-2-11(9-18)8-14(15)16/h2-8,10,19H,1H3. The minimum absolute atomic E-state index is 0.154. The van der Waals surface area contributed by atoms with E-state index in [2.05, 4.69) is 34.2 Å². The lowest BCUT2D eigenvalue weighted by molar-refractivity contribution is 0.883. The number of hydrogen-bond donors (Lipinski definition) is 1. The molecule has 0 aliphatic heterocycles. The van der Waals surface area contributed by atoms with Crippen LogP contribution in [0, 0.1) is 11.3 Å². The van der Waals surface area contributed by atoms with Crippen molar-refractivity contribution in [2.45, 2.75) is 13.0 Å². The van der Waals surface area contributed by atoms with Crippen molar-refractivity contribution in [1.82, 2.24) is 0 Å². The van der Waals surface area contributed by atoms with Gasteiger partial charge in [0.05, 0.1) is 11.6 Å². The van der Waals surface area contributed by atoms with Crippen LogP contribution in [0.2, 0.25) is 5.02 Å². The Morgan fingerprint density at radius 2 is 1.89 bits per heavy atom. The number of nitriles is 1. The van der Waals surface area contributed by atoms with Crippen LogP contribution in [-0.4, -0.2) is 0 Å². The van der Waals surface area contributed by atoms with Gasteiger partial charge in [0.1, 0.15) is 0 Å². The second-order valence-electron chi connectivity index (χ2n) is 4.22. The van der Waals surface area contributed by atoms with E-state index >= 15 is 0 Å². The van der Waals surface area contributed by atoms with E-state index in [1.165, 1.54) is 0 Å². The zero-order valence-corrected chi connectivity index (χ0v) is 12.7. The third-order valence-electron chi connectivity index (χ3n) is 2.84. The third kappa shape index (κ3) is 3.50. The number of rotatable bonds is 3. The average Bonchev–Trinajstić information content (AvgIpc) is 2.41. The van der Waals surface area contributed by atoms with E-state index in [1.54, 1.807) is 12.1 Å². The van der Waals surface area contributed by atoms with Crippen LogP contribution in [0.4, 0.5) is 5.69 Å². The number of hydrogen-bond acceptors (Lipinski definition) is 2. The molecule has 1 N–H and O–H groups in total. The highest BCUT2D eigenvalue weighted by atomic mass is 79.9. The molecular weight excluding hydrogens is 324 g/mol. The lowest BCUT2D eigenvalue weighted by Gasteiger charge is -2.17. The molecule has 1 atom stereocenters. The zero-order valence-electron chi connectivity index (χ0n) is 10.3. The van der Waals surface area contributed by atoms with Gasteiger partial charge in [0, 0.05) is 21.2 Å². The molecule has 0 aliphatic carbocycles. The number of anilines is 1. The summed E-state index contributed by atoms with van der Waals surface area (Å²) in [5.74, 6) is 0. The molecule has 2 rings (SSSR count). The van der Waals surface area contributed by atoms with Crippen molar-refractivity contribution < 1.29 is 0 Å². The third-order valence-corrected chi connectivity index (χ3v) is 3.75. The molecule has 0 fully saturated rings. The Kier molecular flexibility index (Phi) is 4.47. The molecular formula is C15H12BrClN2. The zero-order chi connectivity index (χ0) is 13.8. The summed E-state index contributed by atoms with van der Waals surface area (Å²) in [7, 11) is 0. The summed E-state index contributed by atoms with van der Waals surface area (Å²) in [6, 6.07) is 15.5. The molecule has 0 spiro atoms. The van der Waals surface area contributed by atoms with E-state index < -0.39 is 0 Å². The van der Waals surface area contributed by atoms with E-state index in [-0.39, 0.29) is 6.04 Å². The van der Waals surface area contributed by atoms with Crippen molar-refractivity contribution in [3.8, 4) is 6.07 Å². The van der Waals surface area contributed by atoms with E-state index in [1.807, 2.05) is 30.3 Å².